The van der Waals surface area contributed by atoms with Crippen molar-refractivity contribution in [2.45, 2.75) is 37.1 Å². The van der Waals surface area contributed by atoms with Gasteiger partial charge in [0, 0.05) is 24.5 Å². The molecule has 0 bridgehead atoms. The second kappa shape index (κ2) is 11.1. The molecule has 1 aliphatic rings. The van der Waals surface area contributed by atoms with Crippen molar-refractivity contribution >= 4 is 33.6 Å². The van der Waals surface area contributed by atoms with E-state index in [-0.39, 0.29) is 16.8 Å². The lowest BCUT2D eigenvalue weighted by molar-refractivity contribution is -0.113. The van der Waals surface area contributed by atoms with Crippen LogP contribution in [0.2, 0.25) is 0 Å². The molecule has 1 heterocycles. The van der Waals surface area contributed by atoms with Crippen molar-refractivity contribution in [2.75, 3.05) is 4.90 Å². The average Bonchev–Trinajstić information content (AvgIpc) is 3.34. The molecule has 1 aromatic heterocycles. The van der Waals surface area contributed by atoms with Gasteiger partial charge in [0.15, 0.2) is 0 Å². The van der Waals surface area contributed by atoms with Crippen molar-refractivity contribution in [1.82, 2.24) is 14.7 Å². The van der Waals surface area contributed by atoms with Gasteiger partial charge in [-0.2, -0.15) is 0 Å². The summed E-state index contributed by atoms with van der Waals surface area (Å²) in [6.45, 7) is 2.03. The molecule has 0 fully saturated rings. The fourth-order valence-electron chi connectivity index (χ4n) is 4.57. The molecule has 0 saturated heterocycles. The molecule has 7 nitrogen and oxygen atoms in total. The Labute approximate surface area is 222 Å². The van der Waals surface area contributed by atoms with E-state index in [0.29, 0.717) is 12.1 Å². The van der Waals surface area contributed by atoms with Crippen LogP contribution < -0.4 is 9.62 Å². The number of aromatic nitrogens is 2. The molecule has 1 N–H and O–H groups in total. The van der Waals surface area contributed by atoms with E-state index >= 15 is 0 Å². The van der Waals surface area contributed by atoms with Gasteiger partial charge in [-0.1, -0.05) is 55.5 Å². The van der Waals surface area contributed by atoms with E-state index in [1.165, 1.54) is 11.0 Å². The molecule has 0 spiro atoms. The first kappa shape index (κ1) is 25.5. The molecule has 192 valence electrons. The van der Waals surface area contributed by atoms with E-state index in [4.69, 9.17) is 0 Å². The number of hydrogen-bond donors (Lipinski definition) is 1. The highest BCUT2D eigenvalue weighted by Gasteiger charge is 2.29. The second-order valence-corrected chi connectivity index (χ2v) is 10.8. The molecule has 0 saturated carbocycles. The largest absolute Gasteiger partial charge is 0.269 e. The number of carbonyl (C=O) groups excluding carboxylic acids is 1. The summed E-state index contributed by atoms with van der Waals surface area (Å²) >= 11 is 0. The quantitative estimate of drug-likeness (QED) is 0.312. The van der Waals surface area contributed by atoms with Crippen LogP contribution in [0.15, 0.2) is 102 Å². The summed E-state index contributed by atoms with van der Waals surface area (Å²) in [5, 5.41) is 0. The highest BCUT2D eigenvalue weighted by Crippen LogP contribution is 2.36. The van der Waals surface area contributed by atoms with Crippen molar-refractivity contribution in [3.63, 3.8) is 0 Å². The fourth-order valence-corrected chi connectivity index (χ4v) is 5.81. The number of nitrogens with one attached hydrogen (secondary N) is 1. The van der Waals surface area contributed by atoms with Crippen molar-refractivity contribution in [2.24, 2.45) is 0 Å². The number of rotatable bonds is 8. The SMILES string of the molecule is CCc1ccc(S(=O)(=O)NC2CCc3ccc(N(C(=O)/C=C/c4ccccc4)c4ncccn4)cc32)cc1. The Balaban J connectivity index is 1.45. The van der Waals surface area contributed by atoms with Gasteiger partial charge in [0.05, 0.1) is 10.6 Å². The molecule has 1 aliphatic carbocycles. The number of amides is 1. The maximum absolute atomic E-state index is 13.4. The van der Waals surface area contributed by atoms with Gasteiger partial charge < -0.3 is 0 Å². The van der Waals surface area contributed by atoms with Crippen LogP contribution in [-0.2, 0) is 27.7 Å². The molecule has 3 aromatic carbocycles. The summed E-state index contributed by atoms with van der Waals surface area (Å²) in [7, 11) is -3.72. The van der Waals surface area contributed by atoms with E-state index < -0.39 is 16.1 Å². The molecule has 5 rings (SSSR count). The lowest BCUT2D eigenvalue weighted by Crippen LogP contribution is -2.28. The monoisotopic (exact) mass is 524 g/mol. The number of nitrogens with zero attached hydrogens (tertiary/aromatic N) is 3. The number of fused-ring (bicyclic) bond motifs is 1. The lowest BCUT2D eigenvalue weighted by atomic mass is 10.1. The minimum Gasteiger partial charge on any atom is -0.269 e. The van der Waals surface area contributed by atoms with E-state index in [2.05, 4.69) is 14.7 Å². The van der Waals surface area contributed by atoms with Gasteiger partial charge in [0.25, 0.3) is 5.91 Å². The van der Waals surface area contributed by atoms with Crippen molar-refractivity contribution < 1.29 is 13.2 Å². The summed E-state index contributed by atoms with van der Waals surface area (Å²) in [5.41, 5.74) is 4.43. The van der Waals surface area contributed by atoms with Crippen LogP contribution in [0.1, 0.15) is 41.6 Å². The van der Waals surface area contributed by atoms with Gasteiger partial charge in [-0.3, -0.25) is 4.79 Å². The number of carbonyl (C=O) groups is 1. The van der Waals surface area contributed by atoms with Crippen LogP contribution in [0.5, 0.6) is 0 Å². The third kappa shape index (κ3) is 5.56. The standard InChI is InChI=1S/C30H28N4O3S/c1-2-22-9-15-26(16-10-22)38(36,37)33-28-17-13-24-12-14-25(21-27(24)28)34(30-31-19-6-20-32-30)29(35)18-11-23-7-4-3-5-8-23/h3-12,14-16,18-21,28,33H,2,13,17H2,1H3/b18-11+. The van der Waals surface area contributed by atoms with Crippen molar-refractivity contribution in [3.05, 3.63) is 120 Å². The van der Waals surface area contributed by atoms with E-state index in [1.54, 1.807) is 36.7 Å². The Bertz CT molecular complexity index is 1550. The van der Waals surface area contributed by atoms with Crippen LogP contribution in [0, 0.1) is 0 Å². The molecular formula is C30H28N4O3S. The number of hydrogen-bond acceptors (Lipinski definition) is 5. The van der Waals surface area contributed by atoms with Crippen LogP contribution in [0.4, 0.5) is 11.6 Å². The number of anilines is 2. The van der Waals surface area contributed by atoms with E-state index in [0.717, 1.165) is 35.1 Å². The highest BCUT2D eigenvalue weighted by atomic mass is 32.2. The van der Waals surface area contributed by atoms with Gasteiger partial charge in [-0.15, -0.1) is 0 Å². The molecule has 0 aliphatic heterocycles. The summed E-state index contributed by atoms with van der Waals surface area (Å²) in [6, 6.07) is 23.4. The van der Waals surface area contributed by atoms with Crippen LogP contribution in [-0.4, -0.2) is 24.3 Å². The van der Waals surface area contributed by atoms with E-state index in [1.807, 2.05) is 67.6 Å². The van der Waals surface area contributed by atoms with Gasteiger partial charge >= 0.3 is 0 Å². The molecule has 4 aromatic rings. The number of benzene rings is 3. The fraction of sp³-hybridized carbons (Fsp3) is 0.167. The lowest BCUT2D eigenvalue weighted by Gasteiger charge is -2.21. The summed E-state index contributed by atoms with van der Waals surface area (Å²) in [4.78, 5) is 23.7. The van der Waals surface area contributed by atoms with Crippen LogP contribution >= 0.6 is 0 Å². The molecule has 1 unspecified atom stereocenters. The summed E-state index contributed by atoms with van der Waals surface area (Å²) < 4.78 is 29.2. The first-order chi connectivity index (χ1) is 18.4. The van der Waals surface area contributed by atoms with Gasteiger partial charge in [-0.05, 0) is 77.9 Å². The maximum atomic E-state index is 13.4. The molecule has 1 amide bonds. The summed E-state index contributed by atoms with van der Waals surface area (Å²) in [5.74, 6) is -0.0764. The van der Waals surface area contributed by atoms with Crippen molar-refractivity contribution in [3.8, 4) is 0 Å². The molecule has 38 heavy (non-hydrogen) atoms. The third-order valence-electron chi connectivity index (χ3n) is 6.60. The summed E-state index contributed by atoms with van der Waals surface area (Å²) in [6.07, 6.45) is 8.60. The average molecular weight is 525 g/mol. The highest BCUT2D eigenvalue weighted by molar-refractivity contribution is 7.89. The van der Waals surface area contributed by atoms with Gasteiger partial charge in [0.2, 0.25) is 16.0 Å². The van der Waals surface area contributed by atoms with Crippen LogP contribution in [0.25, 0.3) is 6.08 Å². The Morgan fingerprint density at radius 1 is 1.00 bits per heavy atom. The Morgan fingerprint density at radius 2 is 1.74 bits per heavy atom. The van der Waals surface area contributed by atoms with Gasteiger partial charge in [-0.25, -0.2) is 28.0 Å². The first-order valence-corrected chi connectivity index (χ1v) is 14.0. The maximum Gasteiger partial charge on any atom is 0.257 e. The smallest absolute Gasteiger partial charge is 0.257 e. The Kier molecular flexibility index (Phi) is 7.44. The van der Waals surface area contributed by atoms with E-state index in [9.17, 15) is 13.2 Å². The van der Waals surface area contributed by atoms with Crippen LogP contribution in [0.3, 0.4) is 0 Å². The predicted octanol–water partition coefficient (Wildman–Crippen LogP) is 5.38. The van der Waals surface area contributed by atoms with Gasteiger partial charge in [0.1, 0.15) is 0 Å². The number of sulfonamides is 1. The van der Waals surface area contributed by atoms with Crippen molar-refractivity contribution in [1.29, 1.82) is 0 Å². The number of aryl methyl sites for hydroxylation is 2. The first-order valence-electron chi connectivity index (χ1n) is 12.5. The molecule has 0 radical (unpaired) electrons. The molecule has 8 heteroatoms. The minimum absolute atomic E-state index is 0.236. The Hall–Kier alpha value is -4.14. The zero-order valence-electron chi connectivity index (χ0n) is 21.0. The third-order valence-corrected chi connectivity index (χ3v) is 8.08. The molecular weight excluding hydrogens is 496 g/mol. The zero-order valence-corrected chi connectivity index (χ0v) is 21.8. The second-order valence-electron chi connectivity index (χ2n) is 9.06. The molecule has 1 atom stereocenters. The zero-order chi connectivity index (χ0) is 26.5. The predicted molar refractivity (Wildman–Crippen MR) is 148 cm³/mol. The topological polar surface area (TPSA) is 92.3 Å². The normalized spacial score (nSPS) is 14.9. The Morgan fingerprint density at radius 3 is 2.45 bits per heavy atom. The minimum atomic E-state index is -3.72.